The molecule has 22 heavy (non-hydrogen) atoms. The first kappa shape index (κ1) is 23.2. The molecule has 0 aliphatic heterocycles. The molecule has 0 rings (SSSR count). The van der Waals surface area contributed by atoms with Crippen LogP contribution in [0.4, 0.5) is 0 Å². The SMILES string of the molecule is CCNC(=NCC(=O)NC(C)(C)C)NCCC(=O)N(C)C.I. The van der Waals surface area contributed by atoms with Crippen molar-refractivity contribution in [1.82, 2.24) is 20.9 Å². The lowest BCUT2D eigenvalue weighted by molar-refractivity contribution is -0.128. The van der Waals surface area contributed by atoms with Crippen LogP contribution in [0.3, 0.4) is 0 Å². The maximum atomic E-state index is 11.7. The highest BCUT2D eigenvalue weighted by Gasteiger charge is 2.13. The van der Waals surface area contributed by atoms with Gasteiger partial charge in [0.1, 0.15) is 6.54 Å². The first-order chi connectivity index (χ1) is 9.65. The summed E-state index contributed by atoms with van der Waals surface area (Å²) in [6.07, 6.45) is 0.381. The Morgan fingerprint density at radius 3 is 2.18 bits per heavy atom. The maximum Gasteiger partial charge on any atom is 0.242 e. The number of carbonyl (C=O) groups is 2. The zero-order valence-electron chi connectivity index (χ0n) is 14.4. The second kappa shape index (κ2) is 11.5. The predicted octanol–water partition coefficient (Wildman–Crippen LogP) is 0.553. The van der Waals surface area contributed by atoms with E-state index in [9.17, 15) is 9.59 Å². The topological polar surface area (TPSA) is 85.8 Å². The third-order valence-electron chi connectivity index (χ3n) is 2.37. The van der Waals surface area contributed by atoms with Crippen LogP contribution in [0.1, 0.15) is 34.1 Å². The number of guanidine groups is 1. The highest BCUT2D eigenvalue weighted by atomic mass is 127. The number of aliphatic imine (C=N–C) groups is 1. The molecule has 0 aromatic heterocycles. The molecule has 0 fully saturated rings. The lowest BCUT2D eigenvalue weighted by atomic mass is 10.1. The average molecular weight is 427 g/mol. The van der Waals surface area contributed by atoms with Gasteiger partial charge in [0.05, 0.1) is 0 Å². The summed E-state index contributed by atoms with van der Waals surface area (Å²) in [5.41, 5.74) is -0.267. The fourth-order valence-corrected chi connectivity index (χ4v) is 1.46. The molecule has 0 bridgehead atoms. The molecular formula is C14H30IN5O2. The summed E-state index contributed by atoms with van der Waals surface area (Å²) < 4.78 is 0. The van der Waals surface area contributed by atoms with Crippen LogP contribution in [-0.4, -0.2) is 61.9 Å². The van der Waals surface area contributed by atoms with E-state index in [1.807, 2.05) is 27.7 Å². The second-order valence-electron chi connectivity index (χ2n) is 5.96. The van der Waals surface area contributed by atoms with Crippen molar-refractivity contribution in [1.29, 1.82) is 0 Å². The third-order valence-corrected chi connectivity index (χ3v) is 2.37. The fraction of sp³-hybridized carbons (Fsp3) is 0.786. The first-order valence-electron chi connectivity index (χ1n) is 7.19. The molecular weight excluding hydrogens is 397 g/mol. The Balaban J connectivity index is 0. The predicted molar refractivity (Wildman–Crippen MR) is 101 cm³/mol. The van der Waals surface area contributed by atoms with Crippen molar-refractivity contribution < 1.29 is 9.59 Å². The van der Waals surface area contributed by atoms with E-state index in [4.69, 9.17) is 0 Å². The van der Waals surface area contributed by atoms with E-state index in [1.54, 1.807) is 19.0 Å². The van der Waals surface area contributed by atoms with E-state index in [0.29, 0.717) is 25.5 Å². The molecule has 0 aromatic rings. The fourth-order valence-electron chi connectivity index (χ4n) is 1.46. The first-order valence-corrected chi connectivity index (χ1v) is 7.19. The van der Waals surface area contributed by atoms with Gasteiger partial charge in [-0.2, -0.15) is 0 Å². The van der Waals surface area contributed by atoms with Crippen LogP contribution < -0.4 is 16.0 Å². The number of hydrogen-bond acceptors (Lipinski definition) is 3. The molecule has 0 aliphatic rings. The van der Waals surface area contributed by atoms with Crippen LogP contribution in [0, 0.1) is 0 Å². The van der Waals surface area contributed by atoms with Crippen molar-refractivity contribution in [2.24, 2.45) is 4.99 Å². The van der Waals surface area contributed by atoms with Crippen molar-refractivity contribution in [2.75, 3.05) is 33.7 Å². The van der Waals surface area contributed by atoms with Crippen LogP contribution >= 0.6 is 24.0 Å². The Kier molecular flexibility index (Phi) is 12.1. The van der Waals surface area contributed by atoms with Crippen molar-refractivity contribution in [3.05, 3.63) is 0 Å². The molecule has 0 atom stereocenters. The van der Waals surface area contributed by atoms with Crippen LogP contribution in [0.15, 0.2) is 4.99 Å². The molecule has 0 unspecified atom stereocenters. The number of amides is 2. The van der Waals surface area contributed by atoms with Gasteiger partial charge in [0.2, 0.25) is 11.8 Å². The van der Waals surface area contributed by atoms with E-state index < -0.39 is 0 Å². The van der Waals surface area contributed by atoms with Gasteiger partial charge in [-0.1, -0.05) is 0 Å². The largest absolute Gasteiger partial charge is 0.357 e. The van der Waals surface area contributed by atoms with Gasteiger partial charge in [0.25, 0.3) is 0 Å². The van der Waals surface area contributed by atoms with Crippen LogP contribution in [0.25, 0.3) is 0 Å². The average Bonchev–Trinajstić information content (AvgIpc) is 2.33. The number of nitrogens with one attached hydrogen (secondary N) is 3. The maximum absolute atomic E-state index is 11.7. The molecule has 0 saturated carbocycles. The minimum Gasteiger partial charge on any atom is -0.357 e. The van der Waals surface area contributed by atoms with Gasteiger partial charge >= 0.3 is 0 Å². The van der Waals surface area contributed by atoms with Crippen molar-refractivity contribution in [3.63, 3.8) is 0 Å². The molecule has 0 saturated heterocycles. The monoisotopic (exact) mass is 427 g/mol. The highest BCUT2D eigenvalue weighted by Crippen LogP contribution is 1.97. The molecule has 2 amide bonds. The van der Waals surface area contributed by atoms with Gasteiger partial charge < -0.3 is 20.9 Å². The molecule has 3 N–H and O–H groups in total. The quantitative estimate of drug-likeness (QED) is 0.329. The normalized spacial score (nSPS) is 11.3. The molecule has 8 heteroatoms. The lowest BCUT2D eigenvalue weighted by Gasteiger charge is -2.20. The van der Waals surface area contributed by atoms with Gasteiger partial charge in [-0.25, -0.2) is 4.99 Å². The smallest absolute Gasteiger partial charge is 0.242 e. The molecule has 0 radical (unpaired) electrons. The second-order valence-corrected chi connectivity index (χ2v) is 5.96. The van der Waals surface area contributed by atoms with E-state index in [2.05, 4.69) is 20.9 Å². The Bertz CT molecular complexity index is 378. The van der Waals surface area contributed by atoms with Crippen LogP contribution in [0.5, 0.6) is 0 Å². The van der Waals surface area contributed by atoms with E-state index in [-0.39, 0.29) is 47.9 Å². The molecule has 0 spiro atoms. The van der Waals surface area contributed by atoms with Crippen LogP contribution in [-0.2, 0) is 9.59 Å². The molecule has 7 nitrogen and oxygen atoms in total. The Hall–Kier alpha value is -1.06. The van der Waals surface area contributed by atoms with E-state index >= 15 is 0 Å². The summed E-state index contributed by atoms with van der Waals surface area (Å²) >= 11 is 0. The highest BCUT2D eigenvalue weighted by molar-refractivity contribution is 14.0. The molecule has 0 aliphatic carbocycles. The summed E-state index contributed by atoms with van der Waals surface area (Å²) in [6, 6.07) is 0. The summed E-state index contributed by atoms with van der Waals surface area (Å²) in [6.45, 7) is 8.92. The minimum atomic E-state index is -0.267. The summed E-state index contributed by atoms with van der Waals surface area (Å²) in [7, 11) is 3.44. The van der Waals surface area contributed by atoms with E-state index in [1.165, 1.54) is 0 Å². The molecule has 130 valence electrons. The van der Waals surface area contributed by atoms with Gasteiger partial charge in [-0.05, 0) is 27.7 Å². The standard InChI is InChI=1S/C14H29N5O2.HI/c1-7-15-13(16-9-8-12(21)19(5)6)17-10-11(20)18-14(2,3)4;/h7-10H2,1-6H3,(H,18,20)(H2,15,16,17);1H. The number of nitrogens with zero attached hydrogens (tertiary/aromatic N) is 2. The number of rotatable bonds is 6. The summed E-state index contributed by atoms with van der Waals surface area (Å²) in [5, 5.41) is 8.92. The zero-order chi connectivity index (χ0) is 16.5. The van der Waals surface area contributed by atoms with Gasteiger partial charge in [-0.3, -0.25) is 9.59 Å². The van der Waals surface area contributed by atoms with Gasteiger partial charge in [0.15, 0.2) is 5.96 Å². The molecule has 0 aromatic carbocycles. The number of halogens is 1. The van der Waals surface area contributed by atoms with Crippen molar-refractivity contribution >= 4 is 41.8 Å². The Morgan fingerprint density at radius 2 is 1.73 bits per heavy atom. The molecule has 0 heterocycles. The van der Waals surface area contributed by atoms with Crippen LogP contribution in [0.2, 0.25) is 0 Å². The lowest BCUT2D eigenvalue weighted by Crippen LogP contribution is -2.43. The summed E-state index contributed by atoms with van der Waals surface area (Å²) in [4.78, 5) is 28.9. The minimum absolute atomic E-state index is 0. The van der Waals surface area contributed by atoms with Crippen molar-refractivity contribution in [3.8, 4) is 0 Å². The zero-order valence-corrected chi connectivity index (χ0v) is 16.8. The van der Waals surface area contributed by atoms with Crippen molar-refractivity contribution in [2.45, 2.75) is 39.7 Å². The third kappa shape index (κ3) is 12.7. The summed E-state index contributed by atoms with van der Waals surface area (Å²) in [5.74, 6) is 0.445. The van der Waals surface area contributed by atoms with Gasteiger partial charge in [0, 0.05) is 39.1 Å². The van der Waals surface area contributed by atoms with Gasteiger partial charge in [-0.15, -0.1) is 24.0 Å². The Morgan fingerprint density at radius 1 is 1.14 bits per heavy atom. The number of hydrogen-bond donors (Lipinski definition) is 3. The van der Waals surface area contributed by atoms with E-state index in [0.717, 1.165) is 0 Å². The number of carbonyl (C=O) groups excluding carboxylic acids is 2. The Labute approximate surface area is 150 Å².